The first-order valence-electron chi connectivity index (χ1n) is 24.0. The predicted molar refractivity (Wildman–Crippen MR) is 260 cm³/mol. The summed E-state index contributed by atoms with van der Waals surface area (Å²) in [5.41, 5.74) is 0. The molecule has 0 aliphatic heterocycles. The third-order valence-electron chi connectivity index (χ3n) is 9.46. The number of rotatable bonds is 41. The van der Waals surface area contributed by atoms with E-state index in [2.05, 4.69) is 130 Å². The minimum absolute atomic E-state index is 0.125. The van der Waals surface area contributed by atoms with Crippen molar-refractivity contribution in [3.63, 3.8) is 0 Å². The summed E-state index contributed by atoms with van der Waals surface area (Å²) >= 11 is 0. The molecule has 0 N–H and O–H groups in total. The number of hydrogen-bond donors (Lipinski definition) is 0. The maximum atomic E-state index is 12.7. The highest BCUT2D eigenvalue weighted by molar-refractivity contribution is 5.71. The van der Waals surface area contributed by atoms with Gasteiger partial charge in [-0.1, -0.05) is 181 Å². The molecular weight excluding hydrogens is 757 g/mol. The zero-order valence-corrected chi connectivity index (χ0v) is 38.9. The van der Waals surface area contributed by atoms with E-state index in [1.807, 2.05) is 12.2 Å². The molecule has 0 radical (unpaired) electrons. The van der Waals surface area contributed by atoms with Gasteiger partial charge < -0.3 is 14.2 Å². The highest BCUT2D eigenvalue weighted by atomic mass is 16.6. The summed E-state index contributed by atoms with van der Waals surface area (Å²) < 4.78 is 16.6. The lowest BCUT2D eigenvalue weighted by Crippen LogP contribution is -2.30. The number of allylic oxidation sites excluding steroid dienone is 20. The third kappa shape index (κ3) is 46.7. The largest absolute Gasteiger partial charge is 0.462 e. The quantitative estimate of drug-likeness (QED) is 0.0264. The highest BCUT2D eigenvalue weighted by Gasteiger charge is 2.19. The summed E-state index contributed by atoms with van der Waals surface area (Å²) in [7, 11) is 0. The molecular formula is C55H86O6. The van der Waals surface area contributed by atoms with E-state index in [4.69, 9.17) is 14.2 Å². The standard InChI is InChI=1S/C55H86O6/c1-4-7-10-13-16-19-22-25-26-27-28-31-33-36-39-42-45-48-54(57)60-51-52(61-55(58)49-46-43-40-37-34-30-24-21-18-15-12-9-6-3)50-59-53(56)47-44-41-38-35-32-29-23-20-17-14-11-8-5-2/h7-12,16-21,25-26,29-30,32,34,40,43,52H,4-6,13-15,22-24,27-28,31,33,35-39,41-42,44-51H2,1-3H3/b10-7-,11-8-,12-9-,19-16-,20-17-,21-18-,26-25-,32-29-,34-30-,43-40-. The maximum Gasteiger partial charge on any atom is 0.306 e. The van der Waals surface area contributed by atoms with Crippen LogP contribution in [-0.2, 0) is 28.6 Å². The molecule has 0 aliphatic carbocycles. The average molecular weight is 843 g/mol. The van der Waals surface area contributed by atoms with Crippen LogP contribution in [0.15, 0.2) is 122 Å². The van der Waals surface area contributed by atoms with Crippen LogP contribution in [0.2, 0.25) is 0 Å². The van der Waals surface area contributed by atoms with E-state index in [0.717, 1.165) is 116 Å². The monoisotopic (exact) mass is 843 g/mol. The van der Waals surface area contributed by atoms with Gasteiger partial charge in [0.05, 0.1) is 0 Å². The molecule has 0 aliphatic rings. The Morgan fingerprint density at radius 1 is 0.328 bits per heavy atom. The summed E-state index contributed by atoms with van der Waals surface area (Å²) in [6.45, 7) is 6.17. The van der Waals surface area contributed by atoms with Gasteiger partial charge in [0.25, 0.3) is 0 Å². The van der Waals surface area contributed by atoms with E-state index in [1.165, 1.54) is 25.7 Å². The van der Waals surface area contributed by atoms with Crippen molar-refractivity contribution in [1.82, 2.24) is 0 Å². The van der Waals surface area contributed by atoms with Crippen molar-refractivity contribution in [3.05, 3.63) is 122 Å². The van der Waals surface area contributed by atoms with Gasteiger partial charge in [-0.2, -0.15) is 0 Å². The van der Waals surface area contributed by atoms with Gasteiger partial charge in [-0.15, -0.1) is 0 Å². The number of ether oxygens (including phenoxy) is 3. The van der Waals surface area contributed by atoms with E-state index < -0.39 is 12.1 Å². The first-order chi connectivity index (χ1) is 30.0. The minimum Gasteiger partial charge on any atom is -0.462 e. The Bertz CT molecular complexity index is 1340. The topological polar surface area (TPSA) is 78.9 Å². The van der Waals surface area contributed by atoms with Crippen LogP contribution in [0.25, 0.3) is 0 Å². The van der Waals surface area contributed by atoms with Crippen LogP contribution in [0.3, 0.4) is 0 Å². The molecule has 0 heterocycles. The molecule has 0 aromatic heterocycles. The van der Waals surface area contributed by atoms with Crippen molar-refractivity contribution in [3.8, 4) is 0 Å². The molecule has 0 rings (SSSR count). The average Bonchev–Trinajstić information content (AvgIpc) is 3.26. The van der Waals surface area contributed by atoms with Gasteiger partial charge in [0.2, 0.25) is 0 Å². The fourth-order valence-corrected chi connectivity index (χ4v) is 5.95. The van der Waals surface area contributed by atoms with Crippen molar-refractivity contribution in [2.24, 2.45) is 0 Å². The molecule has 0 fully saturated rings. The molecule has 0 saturated heterocycles. The summed E-state index contributed by atoms with van der Waals surface area (Å²) in [6.07, 6.45) is 66.3. The number of carbonyl (C=O) groups excluding carboxylic acids is 3. The molecule has 342 valence electrons. The Morgan fingerprint density at radius 3 is 1.00 bits per heavy atom. The van der Waals surface area contributed by atoms with Crippen molar-refractivity contribution in [1.29, 1.82) is 0 Å². The van der Waals surface area contributed by atoms with Crippen molar-refractivity contribution in [2.45, 2.75) is 194 Å². The smallest absolute Gasteiger partial charge is 0.306 e. The fourth-order valence-electron chi connectivity index (χ4n) is 5.95. The Kier molecular flexibility index (Phi) is 45.1. The summed E-state index contributed by atoms with van der Waals surface area (Å²) in [6, 6.07) is 0. The van der Waals surface area contributed by atoms with Gasteiger partial charge >= 0.3 is 17.9 Å². The van der Waals surface area contributed by atoms with Gasteiger partial charge in [0.1, 0.15) is 13.2 Å². The van der Waals surface area contributed by atoms with Crippen LogP contribution < -0.4 is 0 Å². The number of carbonyl (C=O) groups is 3. The Morgan fingerprint density at radius 2 is 0.623 bits per heavy atom. The van der Waals surface area contributed by atoms with Gasteiger partial charge in [0.15, 0.2) is 6.10 Å². The molecule has 1 unspecified atom stereocenters. The molecule has 61 heavy (non-hydrogen) atoms. The molecule has 0 aromatic rings. The second kappa shape index (κ2) is 48.5. The molecule has 6 heteroatoms. The van der Waals surface area contributed by atoms with Crippen LogP contribution in [0.1, 0.15) is 188 Å². The minimum atomic E-state index is -0.834. The highest BCUT2D eigenvalue weighted by Crippen LogP contribution is 2.12. The lowest BCUT2D eigenvalue weighted by Gasteiger charge is -2.18. The second-order valence-corrected chi connectivity index (χ2v) is 15.2. The molecule has 0 saturated carbocycles. The first kappa shape index (κ1) is 56.8. The lowest BCUT2D eigenvalue weighted by atomic mass is 10.1. The third-order valence-corrected chi connectivity index (χ3v) is 9.46. The Hall–Kier alpha value is -4.19. The zero-order chi connectivity index (χ0) is 44.4. The van der Waals surface area contributed by atoms with Crippen LogP contribution >= 0.6 is 0 Å². The summed E-state index contributed by atoms with van der Waals surface area (Å²) in [4.78, 5) is 37.8. The van der Waals surface area contributed by atoms with Gasteiger partial charge in [-0.25, -0.2) is 0 Å². The predicted octanol–water partition coefficient (Wildman–Crippen LogP) is 15.7. The molecule has 0 amide bonds. The number of esters is 3. The van der Waals surface area contributed by atoms with E-state index in [-0.39, 0.29) is 31.6 Å². The molecule has 0 bridgehead atoms. The van der Waals surface area contributed by atoms with E-state index in [9.17, 15) is 14.4 Å². The Labute approximate surface area is 373 Å². The lowest BCUT2D eigenvalue weighted by molar-refractivity contribution is -0.166. The van der Waals surface area contributed by atoms with Gasteiger partial charge in [-0.3, -0.25) is 14.4 Å². The molecule has 0 aromatic carbocycles. The van der Waals surface area contributed by atoms with Crippen molar-refractivity contribution >= 4 is 17.9 Å². The van der Waals surface area contributed by atoms with Crippen LogP contribution in [0, 0.1) is 0 Å². The van der Waals surface area contributed by atoms with Crippen LogP contribution in [-0.4, -0.2) is 37.2 Å². The fraction of sp³-hybridized carbons (Fsp3) is 0.582. The van der Waals surface area contributed by atoms with E-state index >= 15 is 0 Å². The van der Waals surface area contributed by atoms with Crippen LogP contribution in [0.4, 0.5) is 0 Å². The van der Waals surface area contributed by atoms with Crippen molar-refractivity contribution in [2.75, 3.05) is 13.2 Å². The van der Waals surface area contributed by atoms with Crippen LogP contribution in [0.5, 0.6) is 0 Å². The first-order valence-corrected chi connectivity index (χ1v) is 24.0. The molecule has 0 spiro atoms. The molecule has 1 atom stereocenters. The zero-order valence-electron chi connectivity index (χ0n) is 38.9. The Balaban J connectivity index is 4.53. The van der Waals surface area contributed by atoms with E-state index in [0.29, 0.717) is 19.3 Å². The number of hydrogen-bond acceptors (Lipinski definition) is 6. The van der Waals surface area contributed by atoms with Gasteiger partial charge in [0, 0.05) is 19.3 Å². The summed E-state index contributed by atoms with van der Waals surface area (Å²) in [5.74, 6) is -1.06. The normalized spacial score (nSPS) is 13.2. The van der Waals surface area contributed by atoms with E-state index in [1.54, 1.807) is 0 Å². The van der Waals surface area contributed by atoms with Gasteiger partial charge in [-0.05, 0) is 109 Å². The molecule has 6 nitrogen and oxygen atoms in total. The summed E-state index contributed by atoms with van der Waals surface area (Å²) in [5, 5.41) is 0. The number of unbranched alkanes of at least 4 members (excludes halogenated alkanes) is 10. The van der Waals surface area contributed by atoms with Crippen molar-refractivity contribution < 1.29 is 28.6 Å². The maximum absolute atomic E-state index is 12.7. The second-order valence-electron chi connectivity index (χ2n) is 15.2. The SMILES string of the molecule is CC/C=C\C/C=C\C/C=C\C/C=C\CCC(=O)OC(COC(=O)CCCCC/C=C\C/C=C\C/C=C\CC)COC(=O)CCCCCCCCC/C=C\C/C=C\C/C=C\CC.